The maximum Gasteiger partial charge on any atom is 0.264 e. The van der Waals surface area contributed by atoms with Gasteiger partial charge in [0.2, 0.25) is 5.91 Å². The van der Waals surface area contributed by atoms with Gasteiger partial charge in [0.25, 0.3) is 10.0 Å². The van der Waals surface area contributed by atoms with Crippen molar-refractivity contribution in [3.63, 3.8) is 0 Å². The van der Waals surface area contributed by atoms with Gasteiger partial charge in [-0.3, -0.25) is 9.10 Å². The Hall–Kier alpha value is -2.25. The van der Waals surface area contributed by atoms with Gasteiger partial charge < -0.3 is 9.64 Å². The minimum absolute atomic E-state index is 0.0828. The molecule has 0 aliphatic rings. The van der Waals surface area contributed by atoms with Crippen molar-refractivity contribution in [2.24, 2.45) is 0 Å². The lowest BCUT2D eigenvalue weighted by Gasteiger charge is -2.28. The van der Waals surface area contributed by atoms with Gasteiger partial charge in [0.15, 0.2) is 0 Å². The molecule has 0 saturated carbocycles. The van der Waals surface area contributed by atoms with E-state index in [1.807, 2.05) is 13.8 Å². The summed E-state index contributed by atoms with van der Waals surface area (Å²) in [5, 5.41) is 0.342. The fourth-order valence-electron chi connectivity index (χ4n) is 2.68. The highest BCUT2D eigenvalue weighted by Crippen LogP contribution is 2.34. The molecule has 0 aliphatic heterocycles. The monoisotopic (exact) mass is 410 g/mol. The Labute approximate surface area is 165 Å². The van der Waals surface area contributed by atoms with E-state index in [-0.39, 0.29) is 23.0 Å². The van der Waals surface area contributed by atoms with Gasteiger partial charge >= 0.3 is 0 Å². The van der Waals surface area contributed by atoms with Gasteiger partial charge in [-0.2, -0.15) is 0 Å². The SMILES string of the molecule is CCN(CC)C(=O)CN(c1cc(Cl)ccc1OC)S(=O)(=O)c1ccccc1. The standard InChI is InChI=1S/C19H23ClN2O4S/c1-4-21(5-2)19(23)14-22(17-13-15(20)11-12-18(17)26-3)27(24,25)16-9-7-6-8-10-16/h6-13H,4-5,14H2,1-3H3. The van der Waals surface area contributed by atoms with Gasteiger partial charge in [0.05, 0.1) is 17.7 Å². The van der Waals surface area contributed by atoms with E-state index in [9.17, 15) is 13.2 Å². The number of hydrogen-bond donors (Lipinski definition) is 0. The lowest BCUT2D eigenvalue weighted by molar-refractivity contribution is -0.129. The molecule has 0 spiro atoms. The van der Waals surface area contributed by atoms with Gasteiger partial charge in [-0.05, 0) is 44.2 Å². The second-order valence-electron chi connectivity index (χ2n) is 5.71. The lowest BCUT2D eigenvalue weighted by atomic mass is 10.3. The summed E-state index contributed by atoms with van der Waals surface area (Å²) in [6.07, 6.45) is 0. The van der Waals surface area contributed by atoms with Crippen LogP contribution in [0.2, 0.25) is 5.02 Å². The first-order valence-electron chi connectivity index (χ1n) is 8.54. The number of rotatable bonds is 8. The summed E-state index contributed by atoms with van der Waals surface area (Å²) in [4.78, 5) is 14.4. The van der Waals surface area contributed by atoms with E-state index < -0.39 is 10.0 Å². The molecule has 2 aromatic carbocycles. The van der Waals surface area contributed by atoms with Gasteiger partial charge in [0.1, 0.15) is 12.3 Å². The molecule has 0 N–H and O–H groups in total. The van der Waals surface area contributed by atoms with Crippen LogP contribution in [0, 0.1) is 0 Å². The molecule has 1 amide bonds. The minimum Gasteiger partial charge on any atom is -0.495 e. The van der Waals surface area contributed by atoms with Gasteiger partial charge in [-0.25, -0.2) is 8.42 Å². The summed E-state index contributed by atoms with van der Waals surface area (Å²) in [5.74, 6) is 0.00721. The average molecular weight is 411 g/mol. The Morgan fingerprint density at radius 3 is 2.26 bits per heavy atom. The zero-order chi connectivity index (χ0) is 20.0. The molecular formula is C19H23ClN2O4S. The summed E-state index contributed by atoms with van der Waals surface area (Å²) in [7, 11) is -2.56. The number of amides is 1. The van der Waals surface area contributed by atoms with Crippen LogP contribution in [0.25, 0.3) is 0 Å². The number of carbonyl (C=O) groups is 1. The van der Waals surface area contributed by atoms with Crippen LogP contribution in [0.5, 0.6) is 5.75 Å². The third kappa shape index (κ3) is 4.73. The molecule has 2 rings (SSSR count). The highest BCUT2D eigenvalue weighted by atomic mass is 35.5. The number of carbonyl (C=O) groups excluding carboxylic acids is 1. The highest BCUT2D eigenvalue weighted by Gasteiger charge is 2.30. The van der Waals surface area contributed by atoms with Crippen LogP contribution >= 0.6 is 11.6 Å². The van der Waals surface area contributed by atoms with Crippen molar-refractivity contribution >= 4 is 33.2 Å². The molecule has 27 heavy (non-hydrogen) atoms. The summed E-state index contributed by atoms with van der Waals surface area (Å²) in [6, 6.07) is 12.6. The van der Waals surface area contributed by atoms with Crippen molar-refractivity contribution < 1.29 is 17.9 Å². The third-order valence-electron chi connectivity index (χ3n) is 4.14. The van der Waals surface area contributed by atoms with Crippen LogP contribution in [-0.2, 0) is 14.8 Å². The number of ether oxygens (including phenoxy) is 1. The van der Waals surface area contributed by atoms with Crippen molar-refractivity contribution in [3.8, 4) is 5.75 Å². The van der Waals surface area contributed by atoms with E-state index in [1.54, 1.807) is 35.2 Å². The van der Waals surface area contributed by atoms with Crippen molar-refractivity contribution in [1.29, 1.82) is 0 Å². The van der Waals surface area contributed by atoms with Gasteiger partial charge in [-0.15, -0.1) is 0 Å². The Morgan fingerprint density at radius 2 is 1.70 bits per heavy atom. The number of halogens is 1. The molecule has 0 atom stereocenters. The van der Waals surface area contributed by atoms with Crippen molar-refractivity contribution in [2.75, 3.05) is 31.0 Å². The topological polar surface area (TPSA) is 66.9 Å². The molecule has 0 saturated heterocycles. The fourth-order valence-corrected chi connectivity index (χ4v) is 4.28. The second-order valence-corrected chi connectivity index (χ2v) is 8.01. The van der Waals surface area contributed by atoms with Crippen molar-refractivity contribution in [3.05, 3.63) is 53.6 Å². The fraction of sp³-hybridized carbons (Fsp3) is 0.316. The average Bonchev–Trinajstić information content (AvgIpc) is 2.67. The molecule has 0 unspecified atom stereocenters. The lowest BCUT2D eigenvalue weighted by Crippen LogP contribution is -2.43. The Kier molecular flexibility index (Phi) is 7.10. The smallest absolute Gasteiger partial charge is 0.264 e. The number of sulfonamides is 1. The minimum atomic E-state index is -4.00. The molecule has 146 valence electrons. The first-order chi connectivity index (χ1) is 12.8. The number of nitrogens with zero attached hydrogens (tertiary/aromatic N) is 2. The first-order valence-corrected chi connectivity index (χ1v) is 10.4. The zero-order valence-electron chi connectivity index (χ0n) is 15.6. The van der Waals surface area contributed by atoms with E-state index in [1.165, 1.54) is 25.3 Å². The van der Waals surface area contributed by atoms with Crippen LogP contribution in [0.3, 0.4) is 0 Å². The quantitative estimate of drug-likeness (QED) is 0.668. The normalized spacial score (nSPS) is 11.1. The van der Waals surface area contributed by atoms with Gasteiger partial charge in [0, 0.05) is 18.1 Å². The molecule has 2 aromatic rings. The third-order valence-corrected chi connectivity index (χ3v) is 6.14. The number of hydrogen-bond acceptors (Lipinski definition) is 4. The van der Waals surface area contributed by atoms with E-state index in [2.05, 4.69) is 0 Å². The molecule has 8 heteroatoms. The molecule has 0 aliphatic carbocycles. The highest BCUT2D eigenvalue weighted by molar-refractivity contribution is 7.92. The van der Waals surface area contributed by atoms with Gasteiger partial charge in [-0.1, -0.05) is 29.8 Å². The molecule has 0 radical (unpaired) electrons. The summed E-state index contributed by atoms with van der Waals surface area (Å²) in [6.45, 7) is 4.31. The van der Waals surface area contributed by atoms with Crippen LogP contribution in [0.15, 0.2) is 53.4 Å². The summed E-state index contributed by atoms with van der Waals surface area (Å²) < 4.78 is 33.0. The maximum absolute atomic E-state index is 13.3. The molecule has 0 bridgehead atoms. The first kappa shape index (κ1) is 21.1. The van der Waals surface area contributed by atoms with E-state index in [0.29, 0.717) is 23.9 Å². The number of benzene rings is 2. The predicted octanol–water partition coefficient (Wildman–Crippen LogP) is 3.41. The van der Waals surface area contributed by atoms with Crippen LogP contribution < -0.4 is 9.04 Å². The Balaban J connectivity index is 2.59. The van der Waals surface area contributed by atoms with Crippen LogP contribution in [0.1, 0.15) is 13.8 Å². The molecule has 6 nitrogen and oxygen atoms in total. The Morgan fingerprint density at radius 1 is 1.07 bits per heavy atom. The molecule has 0 heterocycles. The number of anilines is 1. The zero-order valence-corrected chi connectivity index (χ0v) is 17.1. The second kappa shape index (κ2) is 9.10. The number of methoxy groups -OCH3 is 1. The molecule has 0 aromatic heterocycles. The molecular weight excluding hydrogens is 388 g/mol. The van der Waals surface area contributed by atoms with E-state index in [4.69, 9.17) is 16.3 Å². The van der Waals surface area contributed by atoms with Crippen molar-refractivity contribution in [2.45, 2.75) is 18.7 Å². The maximum atomic E-state index is 13.3. The molecule has 0 fully saturated rings. The van der Waals surface area contributed by atoms with E-state index >= 15 is 0 Å². The van der Waals surface area contributed by atoms with Crippen LogP contribution in [0.4, 0.5) is 5.69 Å². The van der Waals surface area contributed by atoms with Crippen molar-refractivity contribution in [1.82, 2.24) is 4.90 Å². The summed E-state index contributed by atoms with van der Waals surface area (Å²) >= 11 is 6.10. The van der Waals surface area contributed by atoms with Crippen LogP contribution in [-0.4, -0.2) is 46.0 Å². The number of likely N-dealkylation sites (N-methyl/N-ethyl adjacent to an activating group) is 1. The largest absolute Gasteiger partial charge is 0.495 e. The summed E-state index contributed by atoms with van der Waals surface area (Å²) in [5.41, 5.74) is 0.217. The van der Waals surface area contributed by atoms with E-state index in [0.717, 1.165) is 4.31 Å². The predicted molar refractivity (Wildman–Crippen MR) is 107 cm³/mol. The Bertz CT molecular complexity index is 884.